The number of para-hydroxylation sites is 2. The number of rotatable bonds is 5. The molecule has 0 spiro atoms. The number of benzene rings is 2. The van der Waals surface area contributed by atoms with Crippen LogP contribution < -0.4 is 10.1 Å². The lowest BCUT2D eigenvalue weighted by Gasteiger charge is -2.34. The van der Waals surface area contributed by atoms with Gasteiger partial charge in [-0.3, -0.25) is 4.79 Å². The van der Waals surface area contributed by atoms with Crippen molar-refractivity contribution < 1.29 is 13.9 Å². The Kier molecular flexibility index (Phi) is 5.53. The maximum atomic E-state index is 14.0. The third-order valence-electron chi connectivity index (χ3n) is 4.34. The van der Waals surface area contributed by atoms with Crippen molar-refractivity contribution >= 4 is 11.6 Å². The molecule has 0 aromatic heterocycles. The van der Waals surface area contributed by atoms with Crippen LogP contribution in [0.5, 0.6) is 5.75 Å². The van der Waals surface area contributed by atoms with E-state index in [0.717, 1.165) is 18.5 Å². The van der Waals surface area contributed by atoms with E-state index in [1.807, 2.05) is 30.3 Å². The molecule has 132 valence electrons. The number of halogens is 1. The van der Waals surface area contributed by atoms with Crippen LogP contribution in [0.15, 0.2) is 48.5 Å². The summed E-state index contributed by atoms with van der Waals surface area (Å²) in [4.78, 5) is 14.7. The molecule has 4 nitrogen and oxygen atoms in total. The lowest BCUT2D eigenvalue weighted by atomic mass is 10.0. The zero-order valence-corrected chi connectivity index (χ0v) is 14.4. The summed E-state index contributed by atoms with van der Waals surface area (Å²) in [6, 6.07) is 14.6. The zero-order valence-electron chi connectivity index (χ0n) is 14.4. The van der Waals surface area contributed by atoms with Gasteiger partial charge in [0.15, 0.2) is 11.6 Å². The Balaban J connectivity index is 1.73. The molecule has 5 heteroatoms. The molecular formula is C20H23FN2O2. The van der Waals surface area contributed by atoms with Gasteiger partial charge in [-0.25, -0.2) is 4.39 Å². The minimum atomic E-state index is -0.497. The number of carbonyl (C=O) groups excluding carboxylic acids is 1. The van der Waals surface area contributed by atoms with Crippen LogP contribution in [0.1, 0.15) is 30.1 Å². The van der Waals surface area contributed by atoms with Crippen molar-refractivity contribution in [2.75, 3.05) is 25.0 Å². The SMILES string of the molecule is CCOc1c(F)cccc1C(=O)N1CCC[C@@H](Nc2ccccc2)C1. The number of nitrogens with one attached hydrogen (secondary N) is 1. The molecule has 1 N–H and O–H groups in total. The number of piperidine rings is 1. The second-order valence-electron chi connectivity index (χ2n) is 6.15. The number of carbonyl (C=O) groups is 1. The van der Waals surface area contributed by atoms with E-state index in [1.54, 1.807) is 24.0 Å². The highest BCUT2D eigenvalue weighted by atomic mass is 19.1. The van der Waals surface area contributed by atoms with E-state index in [-0.39, 0.29) is 17.7 Å². The second-order valence-corrected chi connectivity index (χ2v) is 6.15. The number of hydrogen-bond acceptors (Lipinski definition) is 3. The first kappa shape index (κ1) is 17.3. The van der Waals surface area contributed by atoms with Gasteiger partial charge in [-0.15, -0.1) is 0 Å². The van der Waals surface area contributed by atoms with Crippen LogP contribution in [0.25, 0.3) is 0 Å². The van der Waals surface area contributed by atoms with E-state index < -0.39 is 5.82 Å². The van der Waals surface area contributed by atoms with Gasteiger partial charge in [-0.1, -0.05) is 24.3 Å². The highest BCUT2D eigenvalue weighted by Crippen LogP contribution is 2.26. The van der Waals surface area contributed by atoms with Crippen LogP contribution in [-0.4, -0.2) is 36.5 Å². The second kappa shape index (κ2) is 8.01. The first-order valence-electron chi connectivity index (χ1n) is 8.71. The maximum Gasteiger partial charge on any atom is 0.257 e. The van der Waals surface area contributed by atoms with Crippen molar-refractivity contribution in [3.63, 3.8) is 0 Å². The quantitative estimate of drug-likeness (QED) is 0.895. The molecule has 1 aliphatic rings. The predicted molar refractivity (Wildman–Crippen MR) is 96.6 cm³/mol. The van der Waals surface area contributed by atoms with Crippen molar-refractivity contribution in [3.8, 4) is 5.75 Å². The molecule has 2 aromatic rings. The smallest absolute Gasteiger partial charge is 0.257 e. The fourth-order valence-electron chi connectivity index (χ4n) is 3.19. The highest BCUT2D eigenvalue weighted by molar-refractivity contribution is 5.97. The summed E-state index contributed by atoms with van der Waals surface area (Å²) in [5.74, 6) is -0.626. The first-order chi connectivity index (χ1) is 12.2. The predicted octanol–water partition coefficient (Wildman–Crippen LogP) is 3.94. The summed E-state index contributed by atoms with van der Waals surface area (Å²) < 4.78 is 19.4. The van der Waals surface area contributed by atoms with E-state index >= 15 is 0 Å². The van der Waals surface area contributed by atoms with Crippen LogP contribution in [0, 0.1) is 5.82 Å². The molecule has 1 atom stereocenters. The largest absolute Gasteiger partial charge is 0.490 e. The minimum absolute atomic E-state index is 0.0492. The average molecular weight is 342 g/mol. The summed E-state index contributed by atoms with van der Waals surface area (Å²) in [5.41, 5.74) is 1.34. The molecular weight excluding hydrogens is 319 g/mol. The molecule has 1 fully saturated rings. The third-order valence-corrected chi connectivity index (χ3v) is 4.34. The topological polar surface area (TPSA) is 41.6 Å². The Morgan fingerprint density at radius 3 is 2.80 bits per heavy atom. The summed E-state index contributed by atoms with van der Waals surface area (Å²) in [5, 5.41) is 3.47. The number of anilines is 1. The van der Waals surface area contributed by atoms with Gasteiger partial charge < -0.3 is 15.0 Å². The summed E-state index contributed by atoms with van der Waals surface area (Å²) >= 11 is 0. The van der Waals surface area contributed by atoms with E-state index in [1.165, 1.54) is 6.07 Å². The molecule has 1 amide bonds. The van der Waals surface area contributed by atoms with Crippen molar-refractivity contribution in [1.82, 2.24) is 4.90 Å². The van der Waals surface area contributed by atoms with Crippen molar-refractivity contribution in [1.29, 1.82) is 0 Å². The van der Waals surface area contributed by atoms with Crippen molar-refractivity contribution in [3.05, 3.63) is 59.9 Å². The molecule has 3 rings (SSSR count). The monoisotopic (exact) mass is 342 g/mol. The van der Waals surface area contributed by atoms with Crippen LogP contribution in [0.4, 0.5) is 10.1 Å². The Hall–Kier alpha value is -2.56. The van der Waals surface area contributed by atoms with E-state index in [2.05, 4.69) is 5.32 Å². The Morgan fingerprint density at radius 2 is 2.04 bits per heavy atom. The summed E-state index contributed by atoms with van der Waals surface area (Å²) in [6.45, 7) is 3.37. The van der Waals surface area contributed by atoms with Crippen molar-refractivity contribution in [2.24, 2.45) is 0 Å². The van der Waals surface area contributed by atoms with Gasteiger partial charge in [-0.2, -0.15) is 0 Å². The molecule has 0 bridgehead atoms. The lowest BCUT2D eigenvalue weighted by molar-refractivity contribution is 0.0709. The van der Waals surface area contributed by atoms with Gasteiger partial charge in [0.25, 0.3) is 5.91 Å². The van der Waals surface area contributed by atoms with Crippen LogP contribution in [0.2, 0.25) is 0 Å². The molecule has 0 radical (unpaired) electrons. The van der Waals surface area contributed by atoms with Gasteiger partial charge >= 0.3 is 0 Å². The molecule has 0 unspecified atom stereocenters. The number of amides is 1. The van der Waals surface area contributed by atoms with Gasteiger partial charge in [-0.05, 0) is 44.0 Å². The normalized spacial score (nSPS) is 17.2. The molecule has 1 heterocycles. The lowest BCUT2D eigenvalue weighted by Crippen LogP contribution is -2.45. The van der Waals surface area contributed by atoms with E-state index in [9.17, 15) is 9.18 Å². The highest BCUT2D eigenvalue weighted by Gasteiger charge is 2.27. The van der Waals surface area contributed by atoms with Crippen LogP contribution in [0.3, 0.4) is 0 Å². The van der Waals surface area contributed by atoms with E-state index in [0.29, 0.717) is 25.3 Å². The Bertz CT molecular complexity index is 721. The molecule has 1 saturated heterocycles. The molecule has 0 aliphatic carbocycles. The zero-order chi connectivity index (χ0) is 17.6. The molecule has 25 heavy (non-hydrogen) atoms. The van der Waals surface area contributed by atoms with Gasteiger partial charge in [0.2, 0.25) is 0 Å². The van der Waals surface area contributed by atoms with Gasteiger partial charge in [0, 0.05) is 24.8 Å². The van der Waals surface area contributed by atoms with Crippen LogP contribution in [-0.2, 0) is 0 Å². The maximum absolute atomic E-state index is 14.0. The minimum Gasteiger partial charge on any atom is -0.490 e. The number of ether oxygens (including phenoxy) is 1. The number of nitrogens with zero attached hydrogens (tertiary/aromatic N) is 1. The van der Waals surface area contributed by atoms with E-state index in [4.69, 9.17) is 4.74 Å². The fourth-order valence-corrected chi connectivity index (χ4v) is 3.19. The molecule has 1 aliphatic heterocycles. The summed E-state index contributed by atoms with van der Waals surface area (Å²) in [6.07, 6.45) is 1.91. The van der Waals surface area contributed by atoms with Crippen molar-refractivity contribution in [2.45, 2.75) is 25.8 Å². The van der Waals surface area contributed by atoms with Gasteiger partial charge in [0.1, 0.15) is 0 Å². The standard InChI is InChI=1S/C20H23FN2O2/c1-2-25-19-17(11-6-12-18(19)21)20(24)23-13-7-10-16(14-23)22-15-8-4-3-5-9-15/h3-6,8-9,11-12,16,22H,2,7,10,13-14H2,1H3/t16-/m1/s1. The summed E-state index contributed by atoms with van der Waals surface area (Å²) in [7, 11) is 0. The van der Waals surface area contributed by atoms with Gasteiger partial charge in [0.05, 0.1) is 12.2 Å². The molecule has 2 aromatic carbocycles. The molecule has 0 saturated carbocycles. The average Bonchev–Trinajstić information content (AvgIpc) is 2.64. The van der Waals surface area contributed by atoms with Crippen LogP contribution >= 0.6 is 0 Å². The third kappa shape index (κ3) is 4.10. The first-order valence-corrected chi connectivity index (χ1v) is 8.71. The number of hydrogen-bond donors (Lipinski definition) is 1. The Morgan fingerprint density at radius 1 is 1.24 bits per heavy atom. The Labute approximate surface area is 147 Å². The fraction of sp³-hybridized carbons (Fsp3) is 0.350. The number of likely N-dealkylation sites (tertiary alicyclic amines) is 1.